The van der Waals surface area contributed by atoms with Gasteiger partial charge >= 0.3 is 7.94 Å². The summed E-state index contributed by atoms with van der Waals surface area (Å²) >= 11 is 0. The lowest BCUT2D eigenvalue weighted by Crippen LogP contribution is -1.94. The predicted octanol–water partition coefficient (Wildman–Crippen LogP) is 0.935. The molecule has 0 aliphatic carbocycles. The molecule has 0 aromatic heterocycles. The van der Waals surface area contributed by atoms with Gasteiger partial charge in [0.1, 0.15) is 5.75 Å². The first-order valence-electron chi connectivity index (χ1n) is 3.70. The van der Waals surface area contributed by atoms with Crippen LogP contribution in [0, 0.1) is 0 Å². The van der Waals surface area contributed by atoms with Crippen molar-refractivity contribution in [2.24, 2.45) is 0 Å². The van der Waals surface area contributed by atoms with Crippen LogP contribution in [0.25, 0.3) is 0 Å². The van der Waals surface area contributed by atoms with E-state index >= 15 is 0 Å². The molecule has 0 radical (unpaired) electrons. The Morgan fingerprint density at radius 2 is 2.00 bits per heavy atom. The van der Waals surface area contributed by atoms with Crippen LogP contribution in [0.5, 0.6) is 5.75 Å². The summed E-state index contributed by atoms with van der Waals surface area (Å²) in [6, 6.07) is 6.82. The molecule has 1 aromatic carbocycles. The maximum Gasteiger partial charge on any atom is 0.408 e. The monoisotopic (exact) mass is 203 g/mol. The fourth-order valence-corrected chi connectivity index (χ4v) is 1.70. The van der Waals surface area contributed by atoms with Crippen LogP contribution in [0.3, 0.4) is 0 Å². The lowest BCUT2D eigenvalue weighted by atomic mass is 10.2. The zero-order chi connectivity index (χ0) is 9.90. The van der Waals surface area contributed by atoms with E-state index in [0.717, 1.165) is 0 Å². The average Bonchev–Trinajstić information content (AvgIpc) is 2.01. The van der Waals surface area contributed by atoms with Gasteiger partial charge < -0.3 is 4.74 Å². The van der Waals surface area contributed by atoms with Crippen molar-refractivity contribution in [1.82, 2.24) is 0 Å². The van der Waals surface area contributed by atoms with Crippen LogP contribution in [-0.2, 0) is 6.16 Å². The lowest BCUT2D eigenvalue weighted by Gasteiger charge is -2.05. The third-order valence-electron chi connectivity index (χ3n) is 1.53. The van der Waals surface area contributed by atoms with Crippen molar-refractivity contribution in [2.45, 2.75) is 6.16 Å². The van der Waals surface area contributed by atoms with Gasteiger partial charge in [0.15, 0.2) is 6.16 Å². The standard InChI is InChI=1S/C8H12O4P/c1-12-8-4-2-3-7(5-8)6-13(9,10)11/h2-5,9-11H,6H2,1H3/q+1. The third-order valence-corrected chi connectivity index (χ3v) is 2.32. The fourth-order valence-electron chi connectivity index (χ4n) is 1.02. The summed E-state index contributed by atoms with van der Waals surface area (Å²) in [5.41, 5.74) is 0.639. The molecule has 0 unspecified atom stereocenters. The molecule has 3 N–H and O–H groups in total. The first-order valence-corrected chi connectivity index (χ1v) is 5.54. The molecule has 0 spiro atoms. The topological polar surface area (TPSA) is 69.9 Å². The summed E-state index contributed by atoms with van der Waals surface area (Å²) in [5, 5.41) is 0. The van der Waals surface area contributed by atoms with Gasteiger partial charge in [-0.15, -0.1) is 0 Å². The van der Waals surface area contributed by atoms with Crippen LogP contribution < -0.4 is 4.74 Å². The second kappa shape index (κ2) is 4.03. The Morgan fingerprint density at radius 1 is 1.31 bits per heavy atom. The highest BCUT2D eigenvalue weighted by Crippen LogP contribution is 2.48. The predicted molar refractivity (Wildman–Crippen MR) is 50.3 cm³/mol. The Morgan fingerprint density at radius 3 is 2.54 bits per heavy atom. The molecule has 72 valence electrons. The number of benzene rings is 1. The summed E-state index contributed by atoms with van der Waals surface area (Å²) in [5.74, 6) is 0.631. The molecule has 0 heterocycles. The van der Waals surface area contributed by atoms with E-state index in [1.807, 2.05) is 0 Å². The summed E-state index contributed by atoms with van der Waals surface area (Å²) in [7, 11) is -2.20. The van der Waals surface area contributed by atoms with Crippen LogP contribution in [0.2, 0.25) is 0 Å². The smallest absolute Gasteiger partial charge is 0.408 e. The summed E-state index contributed by atoms with van der Waals surface area (Å²) in [6.07, 6.45) is -0.135. The summed E-state index contributed by atoms with van der Waals surface area (Å²) < 4.78 is 4.94. The van der Waals surface area contributed by atoms with Gasteiger partial charge in [-0.05, 0) is 12.1 Å². The Kier molecular flexibility index (Phi) is 3.22. The van der Waals surface area contributed by atoms with Gasteiger partial charge in [0.25, 0.3) is 0 Å². The van der Waals surface area contributed by atoms with E-state index in [2.05, 4.69) is 0 Å². The van der Waals surface area contributed by atoms with Gasteiger partial charge in [0.2, 0.25) is 0 Å². The molecule has 0 aliphatic rings. The minimum Gasteiger partial charge on any atom is -0.497 e. The van der Waals surface area contributed by atoms with Crippen LogP contribution >= 0.6 is 7.94 Å². The number of methoxy groups -OCH3 is 1. The normalized spacial score (nSPS) is 11.4. The van der Waals surface area contributed by atoms with Crippen molar-refractivity contribution < 1.29 is 19.4 Å². The first kappa shape index (κ1) is 10.4. The van der Waals surface area contributed by atoms with Crippen LogP contribution in [0.15, 0.2) is 24.3 Å². The number of ether oxygens (including phenoxy) is 1. The number of hydrogen-bond acceptors (Lipinski definition) is 4. The van der Waals surface area contributed by atoms with E-state index in [0.29, 0.717) is 11.3 Å². The maximum absolute atomic E-state index is 8.82. The van der Waals surface area contributed by atoms with Gasteiger partial charge in [-0.3, -0.25) is 0 Å². The third kappa shape index (κ3) is 3.70. The van der Waals surface area contributed by atoms with Crippen molar-refractivity contribution >= 4 is 7.94 Å². The summed E-state index contributed by atoms with van der Waals surface area (Å²) in [4.78, 5) is 26.4. The highest BCUT2D eigenvalue weighted by Gasteiger charge is 2.29. The molecule has 0 amide bonds. The van der Waals surface area contributed by atoms with Gasteiger partial charge in [0.05, 0.1) is 7.11 Å². The Bertz CT molecular complexity index is 282. The van der Waals surface area contributed by atoms with Crippen molar-refractivity contribution in [1.29, 1.82) is 0 Å². The number of rotatable bonds is 3. The minimum absolute atomic E-state index is 0.135. The van der Waals surface area contributed by atoms with E-state index in [9.17, 15) is 0 Å². The molecule has 5 heteroatoms. The molecular weight excluding hydrogens is 191 g/mol. The van der Waals surface area contributed by atoms with Crippen molar-refractivity contribution in [3.05, 3.63) is 29.8 Å². The van der Waals surface area contributed by atoms with Crippen LogP contribution in [0.4, 0.5) is 0 Å². The molecule has 1 aromatic rings. The second-order valence-corrected chi connectivity index (χ2v) is 4.40. The van der Waals surface area contributed by atoms with Crippen LogP contribution in [-0.4, -0.2) is 21.8 Å². The van der Waals surface area contributed by atoms with E-state index in [1.165, 1.54) is 7.11 Å². The Labute approximate surface area is 77.0 Å². The summed E-state index contributed by atoms with van der Waals surface area (Å²) in [6.45, 7) is 0. The SMILES string of the molecule is COc1cccc(C[P+](O)(O)O)c1. The van der Waals surface area contributed by atoms with E-state index in [1.54, 1.807) is 24.3 Å². The largest absolute Gasteiger partial charge is 0.497 e. The molecule has 0 fully saturated rings. The van der Waals surface area contributed by atoms with E-state index in [4.69, 9.17) is 19.4 Å². The highest BCUT2D eigenvalue weighted by atomic mass is 31.2. The van der Waals surface area contributed by atoms with Gasteiger partial charge in [0, 0.05) is 5.56 Å². The first-order chi connectivity index (χ1) is 6.01. The second-order valence-electron chi connectivity index (χ2n) is 2.70. The molecule has 0 atom stereocenters. The van der Waals surface area contributed by atoms with E-state index < -0.39 is 7.94 Å². The quantitative estimate of drug-likeness (QED) is 0.639. The molecule has 0 saturated carbocycles. The van der Waals surface area contributed by atoms with E-state index in [-0.39, 0.29) is 6.16 Å². The number of hydrogen-bond donors (Lipinski definition) is 3. The molecule has 1 rings (SSSR count). The Hall–Kier alpha value is -0.670. The molecule has 0 saturated heterocycles. The minimum atomic E-state index is -3.72. The highest BCUT2D eigenvalue weighted by molar-refractivity contribution is 7.57. The van der Waals surface area contributed by atoms with Gasteiger partial charge in [-0.2, -0.15) is 14.7 Å². The maximum atomic E-state index is 8.82. The van der Waals surface area contributed by atoms with Crippen molar-refractivity contribution in [2.75, 3.05) is 7.11 Å². The molecule has 0 bridgehead atoms. The van der Waals surface area contributed by atoms with Gasteiger partial charge in [-0.25, -0.2) is 0 Å². The molecule has 13 heavy (non-hydrogen) atoms. The molecular formula is C8H12O4P+. The van der Waals surface area contributed by atoms with Crippen molar-refractivity contribution in [3.63, 3.8) is 0 Å². The fraction of sp³-hybridized carbons (Fsp3) is 0.250. The molecule has 0 aliphatic heterocycles. The van der Waals surface area contributed by atoms with Gasteiger partial charge in [-0.1, -0.05) is 12.1 Å². The van der Waals surface area contributed by atoms with Crippen molar-refractivity contribution in [3.8, 4) is 5.75 Å². The molecule has 4 nitrogen and oxygen atoms in total. The Balaban J connectivity index is 2.78. The van der Waals surface area contributed by atoms with Crippen LogP contribution in [0.1, 0.15) is 5.56 Å². The zero-order valence-corrected chi connectivity index (χ0v) is 8.11. The zero-order valence-electron chi connectivity index (χ0n) is 7.21. The average molecular weight is 203 g/mol. The lowest BCUT2D eigenvalue weighted by molar-refractivity contribution is 0.329.